The van der Waals surface area contributed by atoms with Gasteiger partial charge in [-0.2, -0.15) is 0 Å². The molecule has 0 atom stereocenters. The van der Waals surface area contributed by atoms with Crippen LogP contribution in [0.25, 0.3) is 0 Å². The minimum Gasteiger partial charge on any atom is -0.396 e. The van der Waals surface area contributed by atoms with Crippen LogP contribution in [0.3, 0.4) is 0 Å². The average Bonchev–Trinajstić information content (AvgIpc) is 2.52. The van der Waals surface area contributed by atoms with E-state index >= 15 is 0 Å². The molecule has 0 spiro atoms. The van der Waals surface area contributed by atoms with Gasteiger partial charge in [0.1, 0.15) is 0 Å². The van der Waals surface area contributed by atoms with Crippen molar-refractivity contribution in [3.8, 4) is 0 Å². The predicted octanol–water partition coefficient (Wildman–Crippen LogP) is 2.94. The molecule has 0 aromatic heterocycles. The van der Waals surface area contributed by atoms with Gasteiger partial charge in [0.05, 0.1) is 0 Å². The molecule has 21 heavy (non-hydrogen) atoms. The number of benzene rings is 1. The van der Waals surface area contributed by atoms with Crippen molar-refractivity contribution in [1.29, 1.82) is 0 Å². The second-order valence-electron chi connectivity index (χ2n) is 6.18. The summed E-state index contributed by atoms with van der Waals surface area (Å²) in [4.78, 5) is 13.9. The summed E-state index contributed by atoms with van der Waals surface area (Å²) < 4.78 is 0. The van der Waals surface area contributed by atoms with Crippen molar-refractivity contribution < 1.29 is 9.90 Å². The second-order valence-corrected chi connectivity index (χ2v) is 6.18. The minimum absolute atomic E-state index is 0.110. The molecular formula is C18H27NO2. The van der Waals surface area contributed by atoms with E-state index in [1.54, 1.807) is 0 Å². The van der Waals surface area contributed by atoms with Gasteiger partial charge in [-0.15, -0.1) is 0 Å². The lowest BCUT2D eigenvalue weighted by atomic mass is 9.90. The molecule has 1 N–H and O–H groups in total. The summed E-state index contributed by atoms with van der Waals surface area (Å²) in [7, 11) is 0. The van der Waals surface area contributed by atoms with Crippen molar-refractivity contribution >= 4 is 5.91 Å². The number of hydrogen-bond donors (Lipinski definition) is 1. The number of piperidine rings is 1. The Labute approximate surface area is 128 Å². The van der Waals surface area contributed by atoms with E-state index < -0.39 is 0 Å². The number of aliphatic hydroxyl groups is 1. The van der Waals surface area contributed by atoms with E-state index in [0.29, 0.717) is 12.8 Å². The van der Waals surface area contributed by atoms with Gasteiger partial charge in [-0.1, -0.05) is 29.8 Å². The van der Waals surface area contributed by atoms with E-state index in [9.17, 15) is 4.79 Å². The maximum atomic E-state index is 11.9. The number of carbonyl (C=O) groups excluding carboxylic acids is 1. The molecule has 2 rings (SSSR count). The fourth-order valence-electron chi connectivity index (χ4n) is 2.98. The summed E-state index contributed by atoms with van der Waals surface area (Å²) in [6.45, 7) is 4.01. The van der Waals surface area contributed by atoms with Crippen LogP contribution >= 0.6 is 0 Å². The number of rotatable bonds is 6. The first kappa shape index (κ1) is 16.0. The summed E-state index contributed by atoms with van der Waals surface area (Å²) in [5, 5.41) is 8.78. The van der Waals surface area contributed by atoms with Crippen molar-refractivity contribution in [2.45, 2.75) is 45.4 Å². The molecule has 0 saturated carbocycles. The van der Waals surface area contributed by atoms with Crippen LogP contribution in [0.4, 0.5) is 0 Å². The molecule has 1 aromatic rings. The Bertz CT molecular complexity index is 433. The Morgan fingerprint density at radius 3 is 2.52 bits per heavy atom. The van der Waals surface area contributed by atoms with Crippen molar-refractivity contribution in [3.05, 3.63) is 35.4 Å². The van der Waals surface area contributed by atoms with Crippen LogP contribution in [0.15, 0.2) is 24.3 Å². The summed E-state index contributed by atoms with van der Waals surface area (Å²) in [6, 6.07) is 8.81. The normalized spacial score (nSPS) is 16.2. The Morgan fingerprint density at radius 1 is 1.24 bits per heavy atom. The molecule has 1 fully saturated rings. The third-order valence-corrected chi connectivity index (χ3v) is 4.48. The molecule has 1 aliphatic heterocycles. The van der Waals surface area contributed by atoms with Crippen molar-refractivity contribution in [2.75, 3.05) is 19.7 Å². The smallest absolute Gasteiger partial charge is 0.222 e. The first-order chi connectivity index (χ1) is 10.2. The van der Waals surface area contributed by atoms with Gasteiger partial charge in [0.25, 0.3) is 0 Å². The van der Waals surface area contributed by atoms with Crippen molar-refractivity contribution in [1.82, 2.24) is 4.90 Å². The molecule has 1 aromatic carbocycles. The van der Waals surface area contributed by atoms with Crippen LogP contribution in [0.2, 0.25) is 0 Å². The van der Waals surface area contributed by atoms with Crippen LogP contribution in [0, 0.1) is 12.8 Å². The number of aryl methyl sites for hydroxylation is 2. The molecule has 116 valence electrons. The minimum atomic E-state index is 0.110. The standard InChI is InChI=1S/C18H27NO2/c1-15-4-6-16(7-5-15)8-9-17-10-12-19(13-11-17)18(21)3-2-14-20/h4-7,17,20H,2-3,8-14H2,1H3. The summed E-state index contributed by atoms with van der Waals surface area (Å²) in [6.07, 6.45) is 5.69. The number of hydrogen-bond acceptors (Lipinski definition) is 2. The summed E-state index contributed by atoms with van der Waals surface area (Å²) in [5.74, 6) is 0.953. The predicted molar refractivity (Wildman–Crippen MR) is 85.1 cm³/mol. The Balaban J connectivity index is 1.69. The highest BCUT2D eigenvalue weighted by Gasteiger charge is 2.22. The van der Waals surface area contributed by atoms with Crippen LogP contribution in [0.5, 0.6) is 0 Å². The van der Waals surface area contributed by atoms with Crippen LogP contribution in [0.1, 0.15) is 43.2 Å². The lowest BCUT2D eigenvalue weighted by Gasteiger charge is -2.32. The first-order valence-corrected chi connectivity index (χ1v) is 8.13. The van der Waals surface area contributed by atoms with Crippen LogP contribution < -0.4 is 0 Å². The fourth-order valence-corrected chi connectivity index (χ4v) is 2.98. The monoisotopic (exact) mass is 289 g/mol. The third kappa shape index (κ3) is 5.16. The van der Waals surface area contributed by atoms with Crippen molar-refractivity contribution in [2.24, 2.45) is 5.92 Å². The van der Waals surface area contributed by atoms with Gasteiger partial charge in [-0.3, -0.25) is 4.79 Å². The topological polar surface area (TPSA) is 40.5 Å². The Kier molecular flexibility index (Phi) is 6.24. The molecule has 3 heteroatoms. The highest BCUT2D eigenvalue weighted by atomic mass is 16.3. The lowest BCUT2D eigenvalue weighted by Crippen LogP contribution is -2.38. The van der Waals surface area contributed by atoms with E-state index in [1.807, 2.05) is 4.90 Å². The molecule has 1 heterocycles. The van der Waals surface area contributed by atoms with E-state index in [2.05, 4.69) is 31.2 Å². The zero-order valence-corrected chi connectivity index (χ0v) is 13.1. The lowest BCUT2D eigenvalue weighted by molar-refractivity contribution is -0.132. The number of nitrogens with zero attached hydrogens (tertiary/aromatic N) is 1. The largest absolute Gasteiger partial charge is 0.396 e. The molecule has 1 aliphatic rings. The van der Waals surface area contributed by atoms with Gasteiger partial charge in [-0.25, -0.2) is 0 Å². The molecule has 3 nitrogen and oxygen atoms in total. The molecule has 0 aliphatic carbocycles. The summed E-state index contributed by atoms with van der Waals surface area (Å²) >= 11 is 0. The van der Waals surface area contributed by atoms with Crippen LogP contribution in [-0.2, 0) is 11.2 Å². The fraction of sp³-hybridized carbons (Fsp3) is 0.611. The third-order valence-electron chi connectivity index (χ3n) is 4.48. The van der Waals surface area contributed by atoms with E-state index in [4.69, 9.17) is 5.11 Å². The molecule has 1 amide bonds. The van der Waals surface area contributed by atoms with E-state index in [1.165, 1.54) is 17.5 Å². The Hall–Kier alpha value is -1.35. The van der Waals surface area contributed by atoms with Gasteiger partial charge in [0, 0.05) is 26.1 Å². The molecule has 1 saturated heterocycles. The maximum absolute atomic E-state index is 11.9. The molecular weight excluding hydrogens is 262 g/mol. The second kappa shape index (κ2) is 8.18. The SMILES string of the molecule is Cc1ccc(CCC2CCN(C(=O)CCCO)CC2)cc1. The van der Waals surface area contributed by atoms with Gasteiger partial charge in [0.15, 0.2) is 0 Å². The highest BCUT2D eigenvalue weighted by Crippen LogP contribution is 2.23. The van der Waals surface area contributed by atoms with Gasteiger partial charge in [0.2, 0.25) is 5.91 Å². The van der Waals surface area contributed by atoms with Crippen LogP contribution in [-0.4, -0.2) is 35.6 Å². The molecule has 0 bridgehead atoms. The highest BCUT2D eigenvalue weighted by molar-refractivity contribution is 5.76. The van der Waals surface area contributed by atoms with E-state index in [0.717, 1.165) is 38.3 Å². The number of amides is 1. The zero-order valence-electron chi connectivity index (χ0n) is 13.1. The number of aliphatic hydroxyl groups excluding tert-OH is 1. The van der Waals surface area contributed by atoms with E-state index in [-0.39, 0.29) is 12.5 Å². The molecule has 0 radical (unpaired) electrons. The Morgan fingerprint density at radius 2 is 1.90 bits per heavy atom. The average molecular weight is 289 g/mol. The van der Waals surface area contributed by atoms with Crippen molar-refractivity contribution in [3.63, 3.8) is 0 Å². The van der Waals surface area contributed by atoms with Gasteiger partial charge >= 0.3 is 0 Å². The summed E-state index contributed by atoms with van der Waals surface area (Å²) in [5.41, 5.74) is 2.73. The number of likely N-dealkylation sites (tertiary alicyclic amines) is 1. The van der Waals surface area contributed by atoms with Gasteiger partial charge in [-0.05, 0) is 50.5 Å². The molecule has 0 unspecified atom stereocenters. The number of carbonyl (C=O) groups is 1. The first-order valence-electron chi connectivity index (χ1n) is 8.13. The van der Waals surface area contributed by atoms with Gasteiger partial charge < -0.3 is 10.0 Å². The maximum Gasteiger partial charge on any atom is 0.222 e. The quantitative estimate of drug-likeness (QED) is 0.874. The zero-order chi connectivity index (χ0) is 15.1.